The molecule has 0 amide bonds. The van der Waals surface area contributed by atoms with Crippen LogP contribution in [0.1, 0.15) is 18.4 Å². The summed E-state index contributed by atoms with van der Waals surface area (Å²) in [5, 5.41) is 18.7. The maximum absolute atomic E-state index is 13.3. The maximum Gasteiger partial charge on any atom is 0.123 e. The van der Waals surface area contributed by atoms with Crippen LogP contribution in [0.4, 0.5) is 4.39 Å². The highest BCUT2D eigenvalue weighted by atomic mass is 19.1. The smallest absolute Gasteiger partial charge is 0.123 e. The number of hydrogen-bond acceptors (Lipinski definition) is 4. The van der Waals surface area contributed by atoms with Crippen molar-refractivity contribution in [2.75, 3.05) is 19.8 Å². The van der Waals surface area contributed by atoms with Gasteiger partial charge in [0.25, 0.3) is 0 Å². The van der Waals surface area contributed by atoms with Crippen LogP contribution in [-0.2, 0) is 11.3 Å². The Kier molecular flexibility index (Phi) is 5.52. The van der Waals surface area contributed by atoms with Gasteiger partial charge in [-0.25, -0.2) is 9.07 Å². The first kappa shape index (κ1) is 18.8. The van der Waals surface area contributed by atoms with Crippen LogP contribution < -0.4 is 5.32 Å². The lowest BCUT2D eigenvalue weighted by molar-refractivity contribution is -0.0616. The largest absolute Gasteiger partial charge is 0.388 e. The third kappa shape index (κ3) is 4.30. The molecular formula is C22H24FN3O2. The minimum Gasteiger partial charge on any atom is -0.388 e. The molecule has 2 aromatic carbocycles. The number of rotatable bonds is 6. The van der Waals surface area contributed by atoms with Crippen molar-refractivity contribution in [1.82, 2.24) is 15.1 Å². The van der Waals surface area contributed by atoms with Gasteiger partial charge in [0.15, 0.2) is 0 Å². The molecule has 2 N–H and O–H groups in total. The molecule has 1 fully saturated rings. The van der Waals surface area contributed by atoms with E-state index in [1.165, 1.54) is 12.1 Å². The summed E-state index contributed by atoms with van der Waals surface area (Å²) in [5.74, 6) is -0.271. The van der Waals surface area contributed by atoms with Gasteiger partial charge >= 0.3 is 0 Å². The molecule has 0 bridgehead atoms. The lowest BCUT2D eigenvalue weighted by atomic mass is 9.94. The molecule has 0 radical (unpaired) electrons. The first-order valence-corrected chi connectivity index (χ1v) is 9.54. The van der Waals surface area contributed by atoms with Crippen LogP contribution in [0.3, 0.4) is 0 Å². The van der Waals surface area contributed by atoms with Crippen molar-refractivity contribution in [3.63, 3.8) is 0 Å². The van der Waals surface area contributed by atoms with Gasteiger partial charge in [0, 0.05) is 56.5 Å². The van der Waals surface area contributed by atoms with E-state index < -0.39 is 5.60 Å². The molecule has 0 spiro atoms. The van der Waals surface area contributed by atoms with E-state index >= 15 is 0 Å². The van der Waals surface area contributed by atoms with Gasteiger partial charge in [0.1, 0.15) is 5.82 Å². The van der Waals surface area contributed by atoms with Gasteiger partial charge in [-0.2, -0.15) is 5.10 Å². The van der Waals surface area contributed by atoms with Gasteiger partial charge < -0.3 is 15.2 Å². The number of para-hydroxylation sites is 1. The molecule has 3 aromatic rings. The van der Waals surface area contributed by atoms with Crippen molar-refractivity contribution >= 4 is 0 Å². The Balaban J connectivity index is 1.57. The van der Waals surface area contributed by atoms with E-state index in [0.717, 1.165) is 22.5 Å². The van der Waals surface area contributed by atoms with Crippen molar-refractivity contribution in [2.45, 2.75) is 25.0 Å². The highest BCUT2D eigenvalue weighted by Crippen LogP contribution is 2.25. The molecule has 4 rings (SSSR count). The lowest BCUT2D eigenvalue weighted by Gasteiger charge is -2.32. The topological polar surface area (TPSA) is 59.3 Å². The second-order valence-electron chi connectivity index (χ2n) is 7.23. The Bertz CT molecular complexity index is 903. The molecule has 0 aliphatic carbocycles. The van der Waals surface area contributed by atoms with E-state index in [2.05, 4.69) is 5.32 Å². The summed E-state index contributed by atoms with van der Waals surface area (Å²) in [5.41, 5.74) is 2.88. The van der Waals surface area contributed by atoms with Crippen LogP contribution in [-0.4, -0.2) is 40.2 Å². The highest BCUT2D eigenvalue weighted by molar-refractivity contribution is 5.63. The predicted octanol–water partition coefficient (Wildman–Crippen LogP) is 3.31. The van der Waals surface area contributed by atoms with E-state index in [1.54, 1.807) is 12.1 Å². The highest BCUT2D eigenvalue weighted by Gasteiger charge is 2.29. The fourth-order valence-electron chi connectivity index (χ4n) is 3.46. The quantitative estimate of drug-likeness (QED) is 0.688. The third-order valence-electron chi connectivity index (χ3n) is 5.12. The van der Waals surface area contributed by atoms with Gasteiger partial charge in [-0.15, -0.1) is 0 Å². The van der Waals surface area contributed by atoms with Gasteiger partial charge in [0.2, 0.25) is 0 Å². The monoisotopic (exact) mass is 381 g/mol. The van der Waals surface area contributed by atoms with E-state index in [0.29, 0.717) is 39.1 Å². The van der Waals surface area contributed by atoms with Crippen molar-refractivity contribution in [3.8, 4) is 16.9 Å². The first-order chi connectivity index (χ1) is 13.6. The van der Waals surface area contributed by atoms with Gasteiger partial charge in [-0.05, 0) is 36.4 Å². The number of benzene rings is 2. The molecule has 1 aromatic heterocycles. The number of nitrogens with one attached hydrogen (secondary N) is 1. The third-order valence-corrected chi connectivity index (χ3v) is 5.12. The average Bonchev–Trinajstić information content (AvgIpc) is 3.14. The molecule has 0 atom stereocenters. The van der Waals surface area contributed by atoms with Crippen LogP contribution in [0, 0.1) is 5.82 Å². The predicted molar refractivity (Wildman–Crippen MR) is 106 cm³/mol. The fraction of sp³-hybridized carbons (Fsp3) is 0.318. The van der Waals surface area contributed by atoms with E-state index in [4.69, 9.17) is 9.84 Å². The molecule has 1 aliphatic heterocycles. The fourth-order valence-corrected chi connectivity index (χ4v) is 3.46. The standard InChI is InChI=1S/C22H24FN3O2/c23-19-8-6-17(7-9-19)21-18(14-24-16-22(27)10-12-28-13-11-22)15-26(25-21)20-4-2-1-3-5-20/h1-9,15,24,27H,10-14,16H2. The van der Waals surface area contributed by atoms with Crippen LogP contribution in [0.25, 0.3) is 16.9 Å². The second-order valence-corrected chi connectivity index (χ2v) is 7.23. The molecule has 2 heterocycles. The maximum atomic E-state index is 13.3. The molecule has 0 unspecified atom stereocenters. The van der Waals surface area contributed by atoms with Crippen LogP contribution in [0.2, 0.25) is 0 Å². The summed E-state index contributed by atoms with van der Waals surface area (Å²) in [7, 11) is 0. The lowest BCUT2D eigenvalue weighted by Crippen LogP contribution is -2.44. The van der Waals surface area contributed by atoms with Crippen LogP contribution in [0.15, 0.2) is 60.8 Å². The Morgan fingerprint density at radius 2 is 1.79 bits per heavy atom. The molecule has 5 nitrogen and oxygen atoms in total. The summed E-state index contributed by atoms with van der Waals surface area (Å²) >= 11 is 0. The number of aliphatic hydroxyl groups is 1. The van der Waals surface area contributed by atoms with Gasteiger partial charge in [-0.3, -0.25) is 0 Å². The molecular weight excluding hydrogens is 357 g/mol. The van der Waals surface area contributed by atoms with E-state index in [-0.39, 0.29) is 5.82 Å². The van der Waals surface area contributed by atoms with Crippen molar-refractivity contribution in [1.29, 1.82) is 0 Å². The van der Waals surface area contributed by atoms with Crippen LogP contribution >= 0.6 is 0 Å². The zero-order valence-electron chi connectivity index (χ0n) is 15.6. The van der Waals surface area contributed by atoms with E-state index in [1.807, 2.05) is 41.2 Å². The Hall–Kier alpha value is -2.54. The van der Waals surface area contributed by atoms with Gasteiger partial charge in [0.05, 0.1) is 17.0 Å². The number of ether oxygens (including phenoxy) is 1. The minimum absolute atomic E-state index is 0.271. The molecule has 146 valence electrons. The second kappa shape index (κ2) is 8.22. The first-order valence-electron chi connectivity index (χ1n) is 9.54. The van der Waals surface area contributed by atoms with Crippen molar-refractivity contribution in [3.05, 3.63) is 72.2 Å². The summed E-state index contributed by atoms with van der Waals surface area (Å²) < 4.78 is 20.5. The van der Waals surface area contributed by atoms with Gasteiger partial charge in [-0.1, -0.05) is 18.2 Å². The Labute approximate surface area is 163 Å². The zero-order chi connectivity index (χ0) is 19.4. The SMILES string of the molecule is OC1(CNCc2cn(-c3ccccc3)nc2-c2ccc(F)cc2)CCOCC1. The molecule has 1 aliphatic rings. The summed E-state index contributed by atoms with van der Waals surface area (Å²) in [6.45, 7) is 2.23. The number of nitrogens with zero attached hydrogens (tertiary/aromatic N) is 2. The molecule has 28 heavy (non-hydrogen) atoms. The normalized spacial score (nSPS) is 16.2. The number of aromatic nitrogens is 2. The summed E-state index contributed by atoms with van der Waals surface area (Å²) in [6, 6.07) is 16.2. The van der Waals surface area contributed by atoms with Crippen LogP contribution in [0.5, 0.6) is 0 Å². The Morgan fingerprint density at radius 1 is 1.07 bits per heavy atom. The Morgan fingerprint density at radius 3 is 2.50 bits per heavy atom. The molecule has 1 saturated heterocycles. The summed E-state index contributed by atoms with van der Waals surface area (Å²) in [4.78, 5) is 0. The zero-order valence-corrected chi connectivity index (χ0v) is 15.6. The molecule has 0 saturated carbocycles. The van der Waals surface area contributed by atoms with Crippen molar-refractivity contribution < 1.29 is 14.2 Å². The number of halogens is 1. The van der Waals surface area contributed by atoms with Crippen molar-refractivity contribution in [2.24, 2.45) is 0 Å². The summed E-state index contributed by atoms with van der Waals surface area (Å²) in [6.07, 6.45) is 3.25. The average molecular weight is 381 g/mol. The minimum atomic E-state index is -0.732. The molecule has 6 heteroatoms. The van der Waals surface area contributed by atoms with E-state index in [9.17, 15) is 9.50 Å². The number of hydrogen-bond donors (Lipinski definition) is 2.